The molecule has 0 saturated heterocycles. The molecule has 5 nitrogen and oxygen atoms in total. The van der Waals surface area contributed by atoms with Gasteiger partial charge in [-0.2, -0.15) is 4.98 Å². The van der Waals surface area contributed by atoms with Gasteiger partial charge >= 0.3 is 6.01 Å². The lowest BCUT2D eigenvalue weighted by Gasteiger charge is -2.06. The van der Waals surface area contributed by atoms with Crippen LogP contribution in [0.15, 0.2) is 4.52 Å². The van der Waals surface area contributed by atoms with Crippen molar-refractivity contribution in [1.29, 1.82) is 0 Å². The van der Waals surface area contributed by atoms with Crippen LogP contribution in [-0.2, 0) is 0 Å². The van der Waals surface area contributed by atoms with Crippen molar-refractivity contribution in [3.05, 3.63) is 5.82 Å². The van der Waals surface area contributed by atoms with Crippen LogP contribution in [0.25, 0.3) is 0 Å². The molecule has 1 aromatic heterocycles. The predicted molar refractivity (Wildman–Crippen MR) is 50.7 cm³/mol. The second-order valence-corrected chi connectivity index (χ2v) is 3.18. The molecule has 1 aromatic rings. The highest BCUT2D eigenvalue weighted by Crippen LogP contribution is 2.00. The molecular weight excluding hydrogens is 168 g/mol. The Bertz CT molecular complexity index is 246. The van der Waals surface area contributed by atoms with Crippen molar-refractivity contribution in [2.75, 3.05) is 18.4 Å². The molecule has 0 aliphatic carbocycles. The van der Waals surface area contributed by atoms with Crippen molar-refractivity contribution in [2.24, 2.45) is 0 Å². The fourth-order valence-electron chi connectivity index (χ4n) is 0.899. The molecule has 0 fully saturated rings. The average Bonchev–Trinajstić information content (AvgIpc) is 2.45. The van der Waals surface area contributed by atoms with Crippen molar-refractivity contribution in [3.8, 4) is 0 Å². The van der Waals surface area contributed by atoms with Crippen LogP contribution in [0.5, 0.6) is 0 Å². The fraction of sp³-hybridized carbons (Fsp3) is 0.750. The lowest BCUT2D eigenvalue weighted by molar-refractivity contribution is 0.425. The minimum absolute atomic E-state index is 0.489. The van der Waals surface area contributed by atoms with Crippen LogP contribution >= 0.6 is 0 Å². The normalized spacial score (nSPS) is 10.8. The van der Waals surface area contributed by atoms with Gasteiger partial charge in [-0.1, -0.05) is 19.0 Å². The molecule has 0 bridgehead atoms. The molecular formula is C8H16N4O. The number of hydrogen-bond acceptors (Lipinski definition) is 5. The van der Waals surface area contributed by atoms with Gasteiger partial charge in [-0.25, -0.2) is 0 Å². The first kappa shape index (κ1) is 9.98. The van der Waals surface area contributed by atoms with E-state index in [9.17, 15) is 0 Å². The van der Waals surface area contributed by atoms with Gasteiger partial charge in [-0.15, -0.1) is 0 Å². The van der Waals surface area contributed by atoms with E-state index in [2.05, 4.69) is 34.6 Å². The number of anilines is 1. The molecule has 0 spiro atoms. The molecule has 13 heavy (non-hydrogen) atoms. The zero-order valence-electron chi connectivity index (χ0n) is 8.29. The first-order valence-corrected chi connectivity index (χ1v) is 4.46. The van der Waals surface area contributed by atoms with E-state index in [1.165, 1.54) is 0 Å². The number of aromatic nitrogens is 2. The summed E-state index contributed by atoms with van der Waals surface area (Å²) in [6.45, 7) is 7.69. The molecule has 0 atom stereocenters. The van der Waals surface area contributed by atoms with Gasteiger partial charge in [0.25, 0.3) is 0 Å². The summed E-state index contributed by atoms with van der Waals surface area (Å²) in [6.07, 6.45) is 0. The fourth-order valence-corrected chi connectivity index (χ4v) is 0.899. The van der Waals surface area contributed by atoms with Gasteiger partial charge in [-0.3, -0.25) is 0 Å². The third-order valence-electron chi connectivity index (χ3n) is 1.48. The minimum Gasteiger partial charge on any atom is -0.336 e. The molecule has 1 rings (SSSR count). The lowest BCUT2D eigenvalue weighted by atomic mass is 10.4. The molecule has 5 heteroatoms. The van der Waals surface area contributed by atoms with Gasteiger partial charge < -0.3 is 15.2 Å². The molecule has 2 N–H and O–H groups in total. The smallest absolute Gasteiger partial charge is 0.321 e. The van der Waals surface area contributed by atoms with Gasteiger partial charge in [0.1, 0.15) is 0 Å². The summed E-state index contributed by atoms with van der Waals surface area (Å²) in [5.74, 6) is 0.652. The summed E-state index contributed by atoms with van der Waals surface area (Å²) in [5.41, 5.74) is 0. The van der Waals surface area contributed by atoms with E-state index in [0.717, 1.165) is 13.1 Å². The molecule has 0 unspecified atom stereocenters. The second kappa shape index (κ2) is 4.81. The number of aryl methyl sites for hydroxylation is 1. The summed E-state index contributed by atoms with van der Waals surface area (Å²) in [7, 11) is 0. The highest BCUT2D eigenvalue weighted by molar-refractivity contribution is 5.17. The van der Waals surface area contributed by atoms with Crippen LogP contribution in [0, 0.1) is 6.92 Å². The maximum Gasteiger partial charge on any atom is 0.321 e. The Morgan fingerprint density at radius 3 is 2.69 bits per heavy atom. The first-order valence-electron chi connectivity index (χ1n) is 4.46. The molecule has 0 aliphatic rings. The Morgan fingerprint density at radius 1 is 1.38 bits per heavy atom. The molecule has 0 aliphatic heterocycles. The zero-order valence-corrected chi connectivity index (χ0v) is 8.29. The third-order valence-corrected chi connectivity index (χ3v) is 1.48. The van der Waals surface area contributed by atoms with Gasteiger partial charge in [0, 0.05) is 19.1 Å². The SMILES string of the molecule is Cc1noc(NCCNC(C)C)n1. The highest BCUT2D eigenvalue weighted by Gasteiger charge is 1.99. The van der Waals surface area contributed by atoms with Crippen molar-refractivity contribution in [2.45, 2.75) is 26.8 Å². The number of nitrogens with one attached hydrogen (secondary N) is 2. The number of rotatable bonds is 5. The minimum atomic E-state index is 0.489. The summed E-state index contributed by atoms with van der Waals surface area (Å²) in [6, 6.07) is 0.995. The number of hydrogen-bond donors (Lipinski definition) is 2. The van der Waals surface area contributed by atoms with E-state index in [1.807, 2.05) is 0 Å². The maximum absolute atomic E-state index is 4.87. The van der Waals surface area contributed by atoms with Gasteiger partial charge in [0.15, 0.2) is 5.82 Å². The molecule has 0 saturated carbocycles. The maximum atomic E-state index is 4.87. The lowest BCUT2D eigenvalue weighted by Crippen LogP contribution is -2.28. The second-order valence-electron chi connectivity index (χ2n) is 3.18. The van der Waals surface area contributed by atoms with Crippen molar-refractivity contribution in [1.82, 2.24) is 15.5 Å². The van der Waals surface area contributed by atoms with E-state index in [4.69, 9.17) is 4.52 Å². The molecule has 0 aromatic carbocycles. The Labute approximate surface area is 77.9 Å². The Balaban J connectivity index is 2.13. The van der Waals surface area contributed by atoms with Crippen LogP contribution in [0.2, 0.25) is 0 Å². The van der Waals surface area contributed by atoms with Crippen molar-refractivity contribution < 1.29 is 4.52 Å². The van der Waals surface area contributed by atoms with E-state index in [0.29, 0.717) is 17.9 Å². The first-order chi connectivity index (χ1) is 6.18. The summed E-state index contributed by atoms with van der Waals surface area (Å²) in [4.78, 5) is 4.01. The van der Waals surface area contributed by atoms with Crippen LogP contribution in [-0.4, -0.2) is 29.3 Å². The topological polar surface area (TPSA) is 63.0 Å². The van der Waals surface area contributed by atoms with E-state index >= 15 is 0 Å². The quantitative estimate of drug-likeness (QED) is 0.662. The monoisotopic (exact) mass is 184 g/mol. The summed E-state index contributed by atoms with van der Waals surface area (Å²) >= 11 is 0. The third kappa shape index (κ3) is 3.89. The van der Waals surface area contributed by atoms with E-state index in [1.54, 1.807) is 6.92 Å². The van der Waals surface area contributed by atoms with E-state index in [-0.39, 0.29) is 0 Å². The van der Waals surface area contributed by atoms with Gasteiger partial charge in [0.05, 0.1) is 0 Å². The summed E-state index contributed by atoms with van der Waals surface area (Å²) in [5, 5.41) is 9.95. The standard InChI is InChI=1S/C8H16N4O/c1-6(2)9-4-5-10-8-11-7(3)12-13-8/h6,9H,4-5H2,1-3H3,(H,10,11,12). The zero-order chi connectivity index (χ0) is 9.68. The molecule has 0 amide bonds. The van der Waals surface area contributed by atoms with Crippen LogP contribution in [0.4, 0.5) is 6.01 Å². The Hall–Kier alpha value is -1.10. The molecule has 74 valence electrons. The highest BCUT2D eigenvalue weighted by atomic mass is 16.5. The van der Waals surface area contributed by atoms with Crippen LogP contribution < -0.4 is 10.6 Å². The Kier molecular flexibility index (Phi) is 3.70. The number of nitrogens with zero attached hydrogens (tertiary/aromatic N) is 2. The van der Waals surface area contributed by atoms with E-state index < -0.39 is 0 Å². The Morgan fingerprint density at radius 2 is 2.15 bits per heavy atom. The van der Waals surface area contributed by atoms with Gasteiger partial charge in [0.2, 0.25) is 0 Å². The van der Waals surface area contributed by atoms with Crippen molar-refractivity contribution in [3.63, 3.8) is 0 Å². The van der Waals surface area contributed by atoms with Crippen LogP contribution in [0.1, 0.15) is 19.7 Å². The van der Waals surface area contributed by atoms with Crippen molar-refractivity contribution >= 4 is 6.01 Å². The largest absolute Gasteiger partial charge is 0.336 e. The van der Waals surface area contributed by atoms with Crippen LogP contribution in [0.3, 0.4) is 0 Å². The predicted octanol–water partition coefficient (Wildman–Crippen LogP) is 0.788. The molecule has 1 heterocycles. The average molecular weight is 184 g/mol. The summed E-state index contributed by atoms with van der Waals surface area (Å²) < 4.78 is 4.87. The van der Waals surface area contributed by atoms with Gasteiger partial charge in [-0.05, 0) is 6.92 Å². The molecule has 0 radical (unpaired) electrons.